The van der Waals surface area contributed by atoms with E-state index in [0.29, 0.717) is 102 Å². The molecule has 3 heterocycles. The van der Waals surface area contributed by atoms with Crippen LogP contribution in [-0.4, -0.2) is 112 Å². The van der Waals surface area contributed by atoms with Crippen LogP contribution in [0.5, 0.6) is 5.75 Å². The van der Waals surface area contributed by atoms with Crippen LogP contribution >= 0.6 is 0 Å². The fourth-order valence-corrected chi connectivity index (χ4v) is 13.8. The summed E-state index contributed by atoms with van der Waals surface area (Å²) >= 11 is 0. The summed E-state index contributed by atoms with van der Waals surface area (Å²) < 4.78 is 48.8. The number of ether oxygens (including phenoxy) is 1. The summed E-state index contributed by atoms with van der Waals surface area (Å²) in [6, 6.07) is 8.96. The first-order valence-electron chi connectivity index (χ1n) is 25.9. The minimum atomic E-state index is -4.05. The second-order valence-electron chi connectivity index (χ2n) is 22.3. The van der Waals surface area contributed by atoms with Gasteiger partial charge in [0, 0.05) is 54.9 Å². The number of nitrogens with zero attached hydrogens (tertiary/aromatic N) is 2. The van der Waals surface area contributed by atoms with Crippen LogP contribution in [-0.2, 0) is 35.3 Å². The molecule has 72 heavy (non-hydrogen) atoms. The standard InChI is InChI=1S/C53H75BN8O9S/c1-30-31(2)45(32(3)44-39(30)29-51(5,6)69-44)72(67,68)61-50(56)59-25-15-19-40(55)48(65)58-24-14-10-13-23-57-46(63)37-21-22-38(36-18-12-11-17-35(36)37)47(64)60-33(4)49(66)62-26-16-20-43(62)54-70-42-28-34-27-41(52(34,7)8)53(42,9)71-54/h11-12,17-18,21-22,33-34,40-43H,10,13-16,19-20,23-29,55H2,1-9H3,(H,57,63)(H,58,65)(H,60,64)(H3,56,59,61)/t33-,34+,40+,41+,42?,43+,53+/m1/s1. The van der Waals surface area contributed by atoms with Crippen molar-refractivity contribution in [2.45, 2.75) is 167 Å². The average Bonchev–Trinajstić information content (AvgIpc) is 4.05. The molecule has 8 N–H and O–H groups in total. The molecule has 19 heteroatoms. The third-order valence-electron chi connectivity index (χ3n) is 16.5. The van der Waals surface area contributed by atoms with E-state index in [2.05, 4.69) is 46.4 Å². The molecular formula is C53H75BN8O9S. The average molecular weight is 1010 g/mol. The number of aliphatic imine (C=N–C) groups is 1. The lowest BCUT2D eigenvalue weighted by atomic mass is 9.43. The molecule has 390 valence electrons. The summed E-state index contributed by atoms with van der Waals surface area (Å²) in [6.45, 7) is 19.5. The van der Waals surface area contributed by atoms with Gasteiger partial charge in [0.05, 0.1) is 28.6 Å². The monoisotopic (exact) mass is 1010 g/mol. The van der Waals surface area contributed by atoms with Gasteiger partial charge in [-0.3, -0.25) is 24.2 Å². The van der Waals surface area contributed by atoms with Gasteiger partial charge in [0.2, 0.25) is 17.8 Å². The molecule has 0 aromatic heterocycles. The van der Waals surface area contributed by atoms with Gasteiger partial charge in [-0.15, -0.1) is 0 Å². The zero-order chi connectivity index (χ0) is 52.1. The quantitative estimate of drug-likeness (QED) is 0.0415. The van der Waals surface area contributed by atoms with E-state index in [0.717, 1.165) is 43.2 Å². The van der Waals surface area contributed by atoms with E-state index in [4.69, 9.17) is 25.5 Å². The molecule has 7 atom stereocenters. The minimum absolute atomic E-state index is 0.0247. The number of amides is 4. The Balaban J connectivity index is 0.738. The van der Waals surface area contributed by atoms with Gasteiger partial charge >= 0.3 is 7.12 Å². The smallest absolute Gasteiger partial charge is 0.481 e. The van der Waals surface area contributed by atoms with Gasteiger partial charge in [-0.05, 0) is 158 Å². The number of guanidine groups is 1. The zero-order valence-corrected chi connectivity index (χ0v) is 44.4. The maximum Gasteiger partial charge on any atom is 0.481 e. The molecular weight excluding hydrogens is 936 g/mol. The van der Waals surface area contributed by atoms with Crippen LogP contribution in [0.25, 0.3) is 10.8 Å². The molecule has 6 aliphatic rings. The number of hydrogen-bond acceptors (Lipinski definition) is 11. The van der Waals surface area contributed by atoms with Gasteiger partial charge in [-0.2, -0.15) is 0 Å². The van der Waals surface area contributed by atoms with Crippen molar-refractivity contribution in [2.75, 3.05) is 26.2 Å². The van der Waals surface area contributed by atoms with E-state index in [9.17, 15) is 27.6 Å². The van der Waals surface area contributed by atoms with Crippen LogP contribution < -0.4 is 36.9 Å². The maximum atomic E-state index is 14.0. The zero-order valence-electron chi connectivity index (χ0n) is 43.5. The third kappa shape index (κ3) is 10.3. The first-order valence-corrected chi connectivity index (χ1v) is 27.4. The van der Waals surface area contributed by atoms with Crippen molar-refractivity contribution in [1.29, 1.82) is 0 Å². The molecule has 0 radical (unpaired) electrons. The molecule has 0 spiro atoms. The highest BCUT2D eigenvalue weighted by Crippen LogP contribution is 2.66. The summed E-state index contributed by atoms with van der Waals surface area (Å²) in [4.78, 5) is 60.1. The third-order valence-corrected chi connectivity index (χ3v) is 18.2. The van der Waals surface area contributed by atoms with E-state index in [-0.39, 0.29) is 58.2 Å². The number of likely N-dealkylation sites (tertiary alicyclic amines) is 1. The van der Waals surface area contributed by atoms with Gasteiger partial charge in [0.25, 0.3) is 21.8 Å². The van der Waals surface area contributed by atoms with Gasteiger partial charge in [-0.25, -0.2) is 13.1 Å². The summed E-state index contributed by atoms with van der Waals surface area (Å²) in [6.07, 6.45) is 7.28. The lowest BCUT2D eigenvalue weighted by Gasteiger charge is -2.64. The van der Waals surface area contributed by atoms with Crippen LogP contribution in [0.3, 0.4) is 0 Å². The number of unbranched alkanes of at least 4 members (excludes halogenated alkanes) is 2. The highest BCUT2D eigenvalue weighted by Gasteiger charge is 2.69. The highest BCUT2D eigenvalue weighted by molar-refractivity contribution is 7.90. The van der Waals surface area contributed by atoms with E-state index in [1.54, 1.807) is 39.0 Å². The van der Waals surface area contributed by atoms with E-state index in [1.807, 2.05) is 43.9 Å². The molecule has 3 aliphatic carbocycles. The summed E-state index contributed by atoms with van der Waals surface area (Å²) in [5, 5.41) is 10.0. The topological polar surface area (TPSA) is 246 Å². The van der Waals surface area contributed by atoms with Crippen molar-refractivity contribution in [1.82, 2.24) is 25.6 Å². The highest BCUT2D eigenvalue weighted by atomic mass is 32.2. The predicted octanol–water partition coefficient (Wildman–Crippen LogP) is 5.27. The summed E-state index contributed by atoms with van der Waals surface area (Å²) in [7, 11) is -4.55. The molecule has 3 aliphatic heterocycles. The van der Waals surface area contributed by atoms with Gasteiger partial charge in [0.1, 0.15) is 17.4 Å². The number of benzene rings is 3. The van der Waals surface area contributed by atoms with Crippen molar-refractivity contribution < 1.29 is 41.6 Å². The van der Waals surface area contributed by atoms with Crippen LogP contribution in [0.4, 0.5) is 0 Å². The van der Waals surface area contributed by atoms with E-state index >= 15 is 0 Å². The fourth-order valence-electron chi connectivity index (χ4n) is 12.3. The molecule has 3 aromatic carbocycles. The fraction of sp³-hybridized carbons (Fsp3) is 0.604. The molecule has 9 rings (SSSR count). The lowest BCUT2D eigenvalue weighted by Crippen LogP contribution is -2.65. The van der Waals surface area contributed by atoms with Gasteiger partial charge in [0.15, 0.2) is 0 Å². The number of hydrogen-bond donors (Lipinski definition) is 6. The number of nitrogens with two attached hydrogens (primary N) is 2. The van der Waals surface area contributed by atoms with Gasteiger partial charge < -0.3 is 46.4 Å². The Labute approximate surface area is 425 Å². The number of carbonyl (C=O) groups is 4. The number of carbonyl (C=O) groups excluding carboxylic acids is 4. The van der Waals surface area contributed by atoms with Crippen molar-refractivity contribution in [3.63, 3.8) is 0 Å². The van der Waals surface area contributed by atoms with Crippen molar-refractivity contribution in [2.24, 2.45) is 33.7 Å². The predicted molar refractivity (Wildman–Crippen MR) is 278 cm³/mol. The molecule has 4 amide bonds. The van der Waals surface area contributed by atoms with Crippen LogP contribution in [0.15, 0.2) is 46.3 Å². The molecule has 17 nitrogen and oxygen atoms in total. The van der Waals surface area contributed by atoms with Crippen LogP contribution in [0.2, 0.25) is 0 Å². The van der Waals surface area contributed by atoms with E-state index < -0.39 is 40.7 Å². The second kappa shape index (κ2) is 20.6. The normalized spacial score (nSPS) is 24.7. The first-order chi connectivity index (χ1) is 33.9. The van der Waals surface area contributed by atoms with Crippen molar-refractivity contribution in [3.05, 3.63) is 69.8 Å². The van der Waals surface area contributed by atoms with E-state index in [1.165, 1.54) is 0 Å². The molecule has 1 unspecified atom stereocenters. The Kier molecular flexibility index (Phi) is 15.2. The summed E-state index contributed by atoms with van der Waals surface area (Å²) in [5.41, 5.74) is 15.4. The van der Waals surface area contributed by atoms with Gasteiger partial charge in [-0.1, -0.05) is 38.1 Å². The van der Waals surface area contributed by atoms with Crippen LogP contribution in [0, 0.1) is 38.0 Å². The Hall–Kier alpha value is -5.24. The summed E-state index contributed by atoms with van der Waals surface area (Å²) in [5.74, 6) is 0.0367. The Morgan fingerprint density at radius 1 is 0.889 bits per heavy atom. The largest absolute Gasteiger partial charge is 0.487 e. The first kappa shape index (κ1) is 53.1. The Bertz CT molecular complexity index is 2770. The SMILES string of the molecule is Cc1c(C)c(S(=O)(=O)NC(N)=NCCC[C@H](N)C(=O)NCCCCCNC(=O)c2ccc(C(=O)N[C@H](C)C(=O)N3CCC[C@H]3B3OC4C[C@@H]5C[C@@H](C5(C)C)[C@]4(C)O3)c3ccccc23)c(C)c2c1CC(C)(C)O2. The van der Waals surface area contributed by atoms with Crippen molar-refractivity contribution in [3.8, 4) is 5.75 Å². The van der Waals surface area contributed by atoms with Crippen molar-refractivity contribution >= 4 is 57.5 Å². The molecule has 3 saturated carbocycles. The molecule has 2 bridgehead atoms. The second-order valence-corrected chi connectivity index (χ2v) is 23.9. The molecule has 3 aromatic rings. The minimum Gasteiger partial charge on any atom is -0.487 e. The number of nitrogens with one attached hydrogen (secondary N) is 4. The Morgan fingerprint density at radius 2 is 1.56 bits per heavy atom. The number of fused-ring (bicyclic) bond motifs is 2. The number of rotatable bonds is 18. The molecule has 5 fully saturated rings. The Morgan fingerprint density at radius 3 is 2.24 bits per heavy atom. The number of sulfonamides is 1. The maximum absolute atomic E-state index is 14.0. The molecule has 2 saturated heterocycles. The van der Waals surface area contributed by atoms with Crippen LogP contribution in [0.1, 0.15) is 142 Å². The lowest BCUT2D eigenvalue weighted by molar-refractivity contribution is -0.199.